The first-order valence-electron chi connectivity index (χ1n) is 9.31. The van der Waals surface area contributed by atoms with Gasteiger partial charge in [0.25, 0.3) is 0 Å². The van der Waals surface area contributed by atoms with E-state index in [4.69, 9.17) is 0 Å². The van der Waals surface area contributed by atoms with E-state index in [0.29, 0.717) is 18.1 Å². The van der Waals surface area contributed by atoms with Crippen LogP contribution < -0.4 is 0 Å². The fourth-order valence-corrected chi connectivity index (χ4v) is 5.36. The van der Waals surface area contributed by atoms with Gasteiger partial charge in [-0.05, 0) is 31.9 Å². The van der Waals surface area contributed by atoms with E-state index in [-0.39, 0.29) is 16.1 Å². The lowest BCUT2D eigenvalue weighted by Gasteiger charge is -2.23. The zero-order chi connectivity index (χ0) is 19.2. The van der Waals surface area contributed by atoms with E-state index in [1.807, 2.05) is 25.7 Å². The molecule has 1 saturated heterocycles. The van der Waals surface area contributed by atoms with Crippen molar-refractivity contribution in [2.75, 3.05) is 26.2 Å². The molecule has 1 aromatic heterocycles. The summed E-state index contributed by atoms with van der Waals surface area (Å²) >= 11 is 1.38. The number of thioether (sulfide) groups is 1. The number of carbonyl (C=O) groups is 1. The van der Waals surface area contributed by atoms with Crippen molar-refractivity contribution < 1.29 is 13.2 Å². The molecule has 2 rings (SSSR count). The molecule has 146 valence electrons. The monoisotopic (exact) mass is 399 g/mol. The van der Waals surface area contributed by atoms with Crippen molar-refractivity contribution in [1.82, 2.24) is 14.2 Å². The minimum absolute atomic E-state index is 0.138. The Morgan fingerprint density at radius 1 is 1.19 bits per heavy atom. The van der Waals surface area contributed by atoms with Crippen molar-refractivity contribution in [2.24, 2.45) is 0 Å². The maximum atomic E-state index is 12.6. The number of pyridine rings is 1. The van der Waals surface area contributed by atoms with E-state index < -0.39 is 10.0 Å². The number of hydrogen-bond acceptors (Lipinski definition) is 5. The van der Waals surface area contributed by atoms with E-state index in [0.717, 1.165) is 25.9 Å². The van der Waals surface area contributed by atoms with Crippen molar-refractivity contribution >= 4 is 27.7 Å². The molecule has 0 bridgehead atoms. The van der Waals surface area contributed by atoms with E-state index in [9.17, 15) is 13.2 Å². The number of carbonyl (C=O) groups excluding carboxylic acids is 1. The third-order valence-electron chi connectivity index (χ3n) is 4.62. The number of likely N-dealkylation sites (tertiary alicyclic amines) is 1. The predicted molar refractivity (Wildman–Crippen MR) is 105 cm³/mol. The summed E-state index contributed by atoms with van der Waals surface area (Å²) in [5.41, 5.74) is 0. The van der Waals surface area contributed by atoms with E-state index in [2.05, 4.69) is 4.98 Å². The molecule has 0 radical (unpaired) electrons. The number of hydrogen-bond donors (Lipinski definition) is 0. The van der Waals surface area contributed by atoms with Crippen LogP contribution in [-0.2, 0) is 14.8 Å². The fourth-order valence-electron chi connectivity index (χ4n) is 3.08. The molecule has 1 atom stereocenters. The Kier molecular flexibility index (Phi) is 7.91. The van der Waals surface area contributed by atoms with E-state index in [1.165, 1.54) is 35.1 Å². The Bertz CT molecular complexity index is 680. The van der Waals surface area contributed by atoms with Crippen LogP contribution in [0.4, 0.5) is 0 Å². The zero-order valence-corrected chi connectivity index (χ0v) is 17.5. The Morgan fingerprint density at radius 2 is 1.81 bits per heavy atom. The summed E-state index contributed by atoms with van der Waals surface area (Å²) in [6.45, 7) is 8.04. The zero-order valence-electron chi connectivity index (χ0n) is 15.8. The number of aromatic nitrogens is 1. The Morgan fingerprint density at radius 3 is 2.31 bits per heavy atom. The molecular weight excluding hydrogens is 370 g/mol. The van der Waals surface area contributed by atoms with Gasteiger partial charge >= 0.3 is 0 Å². The van der Waals surface area contributed by atoms with Gasteiger partial charge in [0.1, 0.15) is 4.90 Å². The van der Waals surface area contributed by atoms with Gasteiger partial charge in [0, 0.05) is 32.4 Å². The summed E-state index contributed by atoms with van der Waals surface area (Å²) in [7, 11) is -3.50. The first-order chi connectivity index (χ1) is 12.4. The van der Waals surface area contributed by atoms with Crippen LogP contribution in [0.25, 0.3) is 0 Å². The fraction of sp³-hybridized carbons (Fsp3) is 0.667. The maximum absolute atomic E-state index is 12.6. The molecule has 0 N–H and O–H groups in total. The molecule has 1 fully saturated rings. The first kappa shape index (κ1) is 21.2. The number of amides is 1. The molecule has 8 heteroatoms. The second-order valence-corrected chi connectivity index (χ2v) is 9.72. The van der Waals surface area contributed by atoms with E-state index in [1.54, 1.807) is 12.1 Å². The second-order valence-electron chi connectivity index (χ2n) is 6.42. The molecule has 0 aliphatic carbocycles. The van der Waals surface area contributed by atoms with Crippen LogP contribution in [0.1, 0.15) is 46.5 Å². The average Bonchev–Trinajstić information content (AvgIpc) is 2.91. The molecule has 0 saturated carbocycles. The smallest absolute Gasteiger partial charge is 0.244 e. The van der Waals surface area contributed by atoms with Crippen molar-refractivity contribution in [3.05, 3.63) is 18.3 Å². The third-order valence-corrected chi connectivity index (χ3v) is 7.69. The van der Waals surface area contributed by atoms with Gasteiger partial charge in [-0.3, -0.25) is 4.79 Å². The lowest BCUT2D eigenvalue weighted by molar-refractivity contribution is -0.130. The minimum atomic E-state index is -3.50. The quantitative estimate of drug-likeness (QED) is 0.659. The van der Waals surface area contributed by atoms with Crippen LogP contribution in [0.15, 0.2) is 28.3 Å². The molecule has 1 unspecified atom stereocenters. The van der Waals surface area contributed by atoms with Crippen LogP contribution in [0.5, 0.6) is 0 Å². The highest BCUT2D eigenvalue weighted by atomic mass is 32.2. The minimum Gasteiger partial charge on any atom is -0.342 e. The van der Waals surface area contributed by atoms with Crippen LogP contribution in [0.3, 0.4) is 0 Å². The van der Waals surface area contributed by atoms with Crippen molar-refractivity contribution in [2.45, 2.75) is 61.6 Å². The summed E-state index contributed by atoms with van der Waals surface area (Å²) in [5.74, 6) is 0.138. The van der Waals surface area contributed by atoms with Gasteiger partial charge in [0.05, 0.1) is 10.3 Å². The van der Waals surface area contributed by atoms with Crippen LogP contribution in [0.2, 0.25) is 0 Å². The first-order valence-corrected chi connectivity index (χ1v) is 11.6. The average molecular weight is 400 g/mol. The maximum Gasteiger partial charge on any atom is 0.244 e. The number of rotatable bonds is 7. The normalized spacial score (nSPS) is 17.2. The van der Waals surface area contributed by atoms with Crippen LogP contribution in [0, 0.1) is 0 Å². The molecule has 0 spiro atoms. The molecular formula is C18H29N3O3S2. The van der Waals surface area contributed by atoms with Gasteiger partial charge in [-0.2, -0.15) is 4.31 Å². The van der Waals surface area contributed by atoms with Crippen LogP contribution in [-0.4, -0.2) is 59.9 Å². The third kappa shape index (κ3) is 5.20. The standard InChI is InChI=1S/C18H29N3O3S2/c1-4-21(5-2)26(23,24)16-10-11-17(19-14-16)25-15(3)18(22)20-12-8-6-7-9-13-20/h10-11,14-15H,4-9,12-13H2,1-3H3. The molecule has 0 aromatic carbocycles. The Balaban J connectivity index is 2.03. The summed E-state index contributed by atoms with van der Waals surface area (Å²) in [5, 5.41) is 0.435. The summed E-state index contributed by atoms with van der Waals surface area (Å²) < 4.78 is 26.4. The van der Waals surface area contributed by atoms with Crippen molar-refractivity contribution in [3.8, 4) is 0 Å². The molecule has 2 heterocycles. The number of nitrogens with zero attached hydrogens (tertiary/aromatic N) is 3. The highest BCUT2D eigenvalue weighted by Crippen LogP contribution is 2.25. The highest BCUT2D eigenvalue weighted by Gasteiger charge is 2.24. The van der Waals surface area contributed by atoms with Gasteiger partial charge in [0.2, 0.25) is 15.9 Å². The summed E-state index contributed by atoms with van der Waals surface area (Å²) in [6.07, 6.45) is 5.91. The lowest BCUT2D eigenvalue weighted by atomic mass is 10.2. The van der Waals surface area contributed by atoms with Crippen molar-refractivity contribution in [3.63, 3.8) is 0 Å². The lowest BCUT2D eigenvalue weighted by Crippen LogP contribution is -2.37. The molecule has 26 heavy (non-hydrogen) atoms. The molecule has 1 aliphatic heterocycles. The number of sulfonamides is 1. The summed E-state index contributed by atoms with van der Waals surface area (Å²) in [6, 6.07) is 3.26. The SMILES string of the molecule is CCN(CC)S(=O)(=O)c1ccc(SC(C)C(=O)N2CCCCCC2)nc1. The largest absolute Gasteiger partial charge is 0.342 e. The molecule has 1 aromatic rings. The van der Waals surface area contributed by atoms with Gasteiger partial charge < -0.3 is 4.90 Å². The van der Waals surface area contributed by atoms with Gasteiger partial charge in [0.15, 0.2) is 0 Å². The van der Waals surface area contributed by atoms with Gasteiger partial charge in [-0.15, -0.1) is 0 Å². The van der Waals surface area contributed by atoms with E-state index >= 15 is 0 Å². The highest BCUT2D eigenvalue weighted by molar-refractivity contribution is 8.00. The topological polar surface area (TPSA) is 70.6 Å². The van der Waals surface area contributed by atoms with Gasteiger partial charge in [-0.1, -0.05) is 38.5 Å². The Hall–Kier alpha value is -1.12. The molecule has 1 amide bonds. The van der Waals surface area contributed by atoms with Crippen molar-refractivity contribution in [1.29, 1.82) is 0 Å². The Labute approximate surface area is 161 Å². The molecule has 6 nitrogen and oxygen atoms in total. The summed E-state index contributed by atoms with van der Waals surface area (Å²) in [4.78, 5) is 19.0. The van der Waals surface area contributed by atoms with Gasteiger partial charge in [-0.25, -0.2) is 13.4 Å². The van der Waals surface area contributed by atoms with Crippen LogP contribution >= 0.6 is 11.8 Å². The molecule has 1 aliphatic rings. The second kappa shape index (κ2) is 9.71. The predicted octanol–water partition coefficient (Wildman–Crippen LogP) is 3.00.